The van der Waals surface area contributed by atoms with Gasteiger partial charge >= 0.3 is 11.8 Å². The predicted octanol–water partition coefficient (Wildman–Crippen LogP) is 3.11. The van der Waals surface area contributed by atoms with Gasteiger partial charge in [-0.1, -0.05) is 12.1 Å². The number of rotatable bonds is 5. The van der Waals surface area contributed by atoms with Gasteiger partial charge in [0.2, 0.25) is 0 Å². The molecule has 23 heavy (non-hydrogen) atoms. The summed E-state index contributed by atoms with van der Waals surface area (Å²) in [5.41, 5.74) is 3.46. The number of amides is 2. The lowest BCUT2D eigenvalue weighted by molar-refractivity contribution is -0.136. The number of halogens is 1. The zero-order chi connectivity index (χ0) is 16.7. The Morgan fingerprint density at radius 3 is 2.65 bits per heavy atom. The smallest absolute Gasteiger partial charge is 0.329 e. The van der Waals surface area contributed by atoms with Crippen molar-refractivity contribution in [3.63, 3.8) is 0 Å². The highest BCUT2D eigenvalue weighted by Crippen LogP contribution is 2.20. The van der Waals surface area contributed by atoms with Crippen LogP contribution < -0.4 is 10.7 Å². The van der Waals surface area contributed by atoms with Crippen LogP contribution in [0.15, 0.2) is 56.7 Å². The van der Waals surface area contributed by atoms with Crippen LogP contribution >= 0.6 is 15.9 Å². The third-order valence-corrected chi connectivity index (χ3v) is 3.68. The van der Waals surface area contributed by atoms with E-state index in [1.807, 2.05) is 18.2 Å². The van der Waals surface area contributed by atoms with Gasteiger partial charge in [-0.3, -0.25) is 9.59 Å². The molecular formula is C16H16BrN3O3. The second-order valence-electron chi connectivity index (χ2n) is 4.80. The van der Waals surface area contributed by atoms with Crippen molar-refractivity contribution >= 4 is 39.1 Å². The average Bonchev–Trinajstić information content (AvgIpc) is 3.06. The Balaban J connectivity index is 1.82. The summed E-state index contributed by atoms with van der Waals surface area (Å²) in [4.78, 5) is 23.5. The van der Waals surface area contributed by atoms with Crippen LogP contribution in [-0.2, 0) is 16.0 Å². The highest BCUT2D eigenvalue weighted by atomic mass is 79.9. The molecule has 0 saturated heterocycles. The van der Waals surface area contributed by atoms with Crippen molar-refractivity contribution in [1.29, 1.82) is 0 Å². The average molecular weight is 378 g/mol. The van der Waals surface area contributed by atoms with Gasteiger partial charge in [0.05, 0.1) is 12.0 Å². The fraction of sp³-hybridized carbons (Fsp3) is 0.188. The Bertz CT molecular complexity index is 711. The number of benzene rings is 1. The van der Waals surface area contributed by atoms with Crippen LogP contribution in [0.3, 0.4) is 0 Å². The van der Waals surface area contributed by atoms with Crippen LogP contribution in [0.25, 0.3) is 0 Å². The van der Waals surface area contributed by atoms with E-state index in [0.29, 0.717) is 28.7 Å². The van der Waals surface area contributed by atoms with E-state index < -0.39 is 11.8 Å². The number of nitrogens with zero attached hydrogens (tertiary/aromatic N) is 1. The summed E-state index contributed by atoms with van der Waals surface area (Å²) in [6, 6.07) is 10.7. The molecule has 2 N–H and O–H groups in total. The van der Waals surface area contributed by atoms with Crippen LogP contribution in [-0.4, -0.2) is 17.5 Å². The molecule has 0 fully saturated rings. The van der Waals surface area contributed by atoms with Crippen molar-refractivity contribution in [1.82, 2.24) is 5.43 Å². The molecule has 1 aromatic heterocycles. The van der Waals surface area contributed by atoms with E-state index in [9.17, 15) is 9.59 Å². The fourth-order valence-corrected chi connectivity index (χ4v) is 2.14. The number of anilines is 1. The first-order chi connectivity index (χ1) is 11.1. The third kappa shape index (κ3) is 5.37. The van der Waals surface area contributed by atoms with E-state index >= 15 is 0 Å². The van der Waals surface area contributed by atoms with Crippen LogP contribution in [0, 0.1) is 0 Å². The van der Waals surface area contributed by atoms with Crippen LogP contribution in [0.1, 0.15) is 19.1 Å². The van der Waals surface area contributed by atoms with Crippen molar-refractivity contribution in [2.75, 3.05) is 5.32 Å². The number of nitrogens with one attached hydrogen (secondary N) is 2. The highest BCUT2D eigenvalue weighted by molar-refractivity contribution is 9.10. The van der Waals surface area contributed by atoms with Crippen LogP contribution in [0.2, 0.25) is 0 Å². The summed E-state index contributed by atoms with van der Waals surface area (Å²) in [5, 5.41) is 6.42. The summed E-state index contributed by atoms with van der Waals surface area (Å²) in [6.07, 6.45) is 2.91. The zero-order valence-electron chi connectivity index (χ0n) is 12.5. The maximum absolute atomic E-state index is 11.8. The van der Waals surface area contributed by atoms with Gasteiger partial charge in [0.15, 0.2) is 0 Å². The number of furan rings is 1. The molecule has 1 aromatic carbocycles. The summed E-state index contributed by atoms with van der Waals surface area (Å²) < 4.78 is 5.91. The largest absolute Gasteiger partial charge is 0.469 e. The quantitative estimate of drug-likeness (QED) is 0.477. The minimum atomic E-state index is -0.821. The molecule has 2 aromatic rings. The van der Waals surface area contributed by atoms with E-state index in [1.165, 1.54) is 0 Å². The number of hydrogen-bond acceptors (Lipinski definition) is 4. The van der Waals surface area contributed by atoms with Gasteiger partial charge in [0.25, 0.3) is 0 Å². The molecule has 1 heterocycles. The Morgan fingerprint density at radius 1 is 1.17 bits per heavy atom. The lowest BCUT2D eigenvalue weighted by atomic mass is 10.2. The second kappa shape index (κ2) is 8.28. The van der Waals surface area contributed by atoms with Gasteiger partial charge in [-0.2, -0.15) is 5.10 Å². The molecular weight excluding hydrogens is 362 g/mol. The highest BCUT2D eigenvalue weighted by Gasteiger charge is 2.14. The predicted molar refractivity (Wildman–Crippen MR) is 91.1 cm³/mol. The molecule has 6 nitrogen and oxygen atoms in total. The van der Waals surface area contributed by atoms with Crippen molar-refractivity contribution in [2.24, 2.45) is 5.10 Å². The van der Waals surface area contributed by atoms with E-state index in [1.54, 1.807) is 31.4 Å². The van der Waals surface area contributed by atoms with Crippen molar-refractivity contribution in [3.8, 4) is 0 Å². The first kappa shape index (κ1) is 17.0. The van der Waals surface area contributed by atoms with Gasteiger partial charge < -0.3 is 9.73 Å². The molecule has 0 radical (unpaired) electrons. The molecule has 0 bridgehead atoms. The summed E-state index contributed by atoms with van der Waals surface area (Å²) in [5.74, 6) is -0.755. The van der Waals surface area contributed by atoms with Gasteiger partial charge in [-0.05, 0) is 53.5 Å². The number of aryl methyl sites for hydroxylation is 1. The normalized spacial score (nSPS) is 11.1. The number of hydrogen-bond donors (Lipinski definition) is 2. The Hall–Kier alpha value is -2.41. The molecule has 2 rings (SSSR count). The van der Waals surface area contributed by atoms with Gasteiger partial charge in [-0.25, -0.2) is 5.43 Å². The molecule has 120 valence electrons. The van der Waals surface area contributed by atoms with E-state index in [4.69, 9.17) is 4.42 Å². The zero-order valence-corrected chi connectivity index (χ0v) is 14.1. The molecule has 0 saturated carbocycles. The maximum Gasteiger partial charge on any atom is 0.329 e. The Labute approximate surface area is 142 Å². The molecule has 0 aliphatic carbocycles. The molecule has 0 aliphatic rings. The lowest BCUT2D eigenvalue weighted by Crippen LogP contribution is -2.33. The first-order valence-electron chi connectivity index (χ1n) is 6.97. The molecule has 0 unspecified atom stereocenters. The monoisotopic (exact) mass is 377 g/mol. The minimum Gasteiger partial charge on any atom is -0.469 e. The Morgan fingerprint density at radius 2 is 1.96 bits per heavy atom. The third-order valence-electron chi connectivity index (χ3n) is 2.99. The molecule has 2 amide bonds. The lowest BCUT2D eigenvalue weighted by Gasteiger charge is -2.06. The van der Waals surface area contributed by atoms with Crippen LogP contribution in [0.5, 0.6) is 0 Å². The number of carbonyl (C=O) groups is 2. The summed E-state index contributed by atoms with van der Waals surface area (Å²) in [6.45, 7) is 1.77. The van der Waals surface area contributed by atoms with Gasteiger partial charge in [0.1, 0.15) is 5.76 Å². The van der Waals surface area contributed by atoms with E-state index in [0.717, 1.165) is 5.76 Å². The molecule has 0 atom stereocenters. The van der Waals surface area contributed by atoms with Crippen LogP contribution in [0.4, 0.5) is 5.69 Å². The second-order valence-corrected chi connectivity index (χ2v) is 5.66. The molecule has 7 heteroatoms. The minimum absolute atomic E-state index is 0.520. The standard InChI is InChI=1S/C16H16BrN3O3/c1-11(8-9-12-5-4-10-23-12)19-20-16(22)15(21)18-14-7-3-2-6-13(14)17/h2-7,10H,8-9H2,1H3,(H,18,21)(H,20,22). The van der Waals surface area contributed by atoms with Gasteiger partial charge in [0, 0.05) is 16.6 Å². The van der Waals surface area contributed by atoms with Crippen molar-refractivity contribution in [2.45, 2.75) is 19.8 Å². The Kier molecular flexibility index (Phi) is 6.10. The first-order valence-corrected chi connectivity index (χ1v) is 7.77. The van der Waals surface area contributed by atoms with Crippen molar-refractivity contribution < 1.29 is 14.0 Å². The molecule has 0 aliphatic heterocycles. The van der Waals surface area contributed by atoms with E-state index in [-0.39, 0.29) is 0 Å². The number of para-hydroxylation sites is 1. The number of hydrazone groups is 1. The SMILES string of the molecule is CC(CCc1ccco1)=NNC(=O)C(=O)Nc1ccccc1Br. The van der Waals surface area contributed by atoms with Crippen molar-refractivity contribution in [3.05, 3.63) is 52.9 Å². The maximum atomic E-state index is 11.8. The molecule has 0 spiro atoms. The van der Waals surface area contributed by atoms with Gasteiger partial charge in [-0.15, -0.1) is 0 Å². The number of carbonyl (C=O) groups excluding carboxylic acids is 2. The summed E-state index contributed by atoms with van der Waals surface area (Å²) >= 11 is 3.29. The summed E-state index contributed by atoms with van der Waals surface area (Å²) in [7, 11) is 0. The van der Waals surface area contributed by atoms with E-state index in [2.05, 4.69) is 31.8 Å². The topological polar surface area (TPSA) is 83.7 Å². The fourth-order valence-electron chi connectivity index (χ4n) is 1.75.